The van der Waals surface area contributed by atoms with E-state index in [-0.39, 0.29) is 54.4 Å². The Morgan fingerprint density at radius 3 is 2.16 bits per heavy atom. The highest BCUT2D eigenvalue weighted by atomic mass is 35.5. The first-order chi connectivity index (χ1) is 32.2. The van der Waals surface area contributed by atoms with Crippen LogP contribution >= 0.6 is 23.2 Å². The average molecular weight is 951 g/mol. The third-order valence-corrected chi connectivity index (χ3v) is 14.9. The quantitative estimate of drug-likeness (QED) is 0.104. The van der Waals surface area contributed by atoms with Crippen LogP contribution in [0.25, 0.3) is 0 Å². The molecule has 1 saturated carbocycles. The highest BCUT2D eigenvalue weighted by Crippen LogP contribution is 2.65. The number of anilines is 1. The molecule has 4 aromatic carbocycles. The molecule has 6 unspecified atom stereocenters. The van der Waals surface area contributed by atoms with E-state index in [0.29, 0.717) is 60.1 Å². The number of rotatable bonds is 10. The van der Waals surface area contributed by atoms with Crippen molar-refractivity contribution >= 4 is 52.6 Å². The van der Waals surface area contributed by atoms with E-state index in [1.165, 1.54) is 16.5 Å². The van der Waals surface area contributed by atoms with Gasteiger partial charge in [-0.1, -0.05) is 114 Å². The van der Waals surface area contributed by atoms with E-state index >= 15 is 9.59 Å². The molecule has 3 saturated heterocycles. The third kappa shape index (κ3) is 7.82. The van der Waals surface area contributed by atoms with Crippen LogP contribution in [-0.2, 0) is 43.9 Å². The topological polar surface area (TPSA) is 132 Å². The van der Waals surface area contributed by atoms with Gasteiger partial charge in [-0.15, -0.1) is 0 Å². The molecule has 0 spiro atoms. The minimum atomic E-state index is -4.77. The number of allylic oxidation sites excluding steroid dienone is 2. The average Bonchev–Trinajstić information content (AvgIpc) is 3.70. The summed E-state index contributed by atoms with van der Waals surface area (Å²) >= 11 is 12.8. The second-order valence-electron chi connectivity index (χ2n) is 18.0. The summed E-state index contributed by atoms with van der Waals surface area (Å²) in [6.45, 7) is 2.33. The van der Waals surface area contributed by atoms with E-state index in [2.05, 4.69) is 27.4 Å². The SMILES string of the molecule is O=C1C2CC3C(=CCC4C(=O)N(C5CCN(Cc6ccccc6)CC5)C(=O)C43)C(c3ccc(OCc4ccccc4)cc3O)C2(c2ccc(Cl)cc2)C(=O)N1Nc1ncc(C(F)(F)F)cc1Cl. The number of hydrazine groups is 1. The number of hydrogen-bond donors (Lipinski definition) is 2. The lowest BCUT2D eigenvalue weighted by molar-refractivity contribution is -0.144. The Hall–Kier alpha value is -6.22. The Kier molecular flexibility index (Phi) is 11.6. The number of carbonyl (C=O) groups excluding carboxylic acids is 4. The van der Waals surface area contributed by atoms with Gasteiger partial charge in [-0.3, -0.25) is 34.4 Å². The fourth-order valence-corrected chi connectivity index (χ4v) is 11.6. The lowest BCUT2D eigenvalue weighted by Gasteiger charge is -2.50. The lowest BCUT2D eigenvalue weighted by atomic mass is 9.49. The Bertz CT molecular complexity index is 2790. The van der Waals surface area contributed by atoms with Crippen LogP contribution in [0, 0.1) is 23.7 Å². The van der Waals surface area contributed by atoms with Crippen molar-refractivity contribution in [3.8, 4) is 11.5 Å². The zero-order valence-electron chi connectivity index (χ0n) is 35.8. The van der Waals surface area contributed by atoms with E-state index in [4.69, 9.17) is 27.9 Å². The van der Waals surface area contributed by atoms with E-state index in [1.807, 2.05) is 54.6 Å². The number of halogens is 5. The van der Waals surface area contributed by atoms with Crippen molar-refractivity contribution in [1.29, 1.82) is 0 Å². The zero-order valence-corrected chi connectivity index (χ0v) is 37.3. The summed E-state index contributed by atoms with van der Waals surface area (Å²) in [6.07, 6.45) is -1.01. The molecular formula is C51H44Cl2F3N5O6. The molecule has 2 N–H and O–H groups in total. The summed E-state index contributed by atoms with van der Waals surface area (Å²) in [5.41, 5.74) is 2.98. The fourth-order valence-electron chi connectivity index (χ4n) is 11.3. The van der Waals surface area contributed by atoms with Crippen LogP contribution in [-0.4, -0.2) is 67.7 Å². The van der Waals surface area contributed by atoms with Crippen molar-refractivity contribution in [2.75, 3.05) is 18.5 Å². The van der Waals surface area contributed by atoms with Gasteiger partial charge < -0.3 is 9.84 Å². The Morgan fingerprint density at radius 2 is 1.51 bits per heavy atom. The van der Waals surface area contributed by atoms with Crippen LogP contribution in [0.3, 0.4) is 0 Å². The van der Waals surface area contributed by atoms with Gasteiger partial charge in [-0.2, -0.15) is 18.2 Å². The number of imide groups is 2. The van der Waals surface area contributed by atoms with E-state index in [9.17, 15) is 27.9 Å². The van der Waals surface area contributed by atoms with E-state index in [1.54, 1.807) is 36.4 Å². The maximum atomic E-state index is 15.6. The number of alkyl halides is 3. The number of nitrogens with zero attached hydrogens (tertiary/aromatic N) is 4. The molecule has 0 bridgehead atoms. The molecule has 3 aliphatic heterocycles. The number of phenols is 1. The number of hydrogen-bond acceptors (Lipinski definition) is 9. The van der Waals surface area contributed by atoms with Gasteiger partial charge in [-0.25, -0.2) is 4.98 Å². The van der Waals surface area contributed by atoms with Crippen LogP contribution in [0.5, 0.6) is 11.5 Å². The molecule has 1 aromatic heterocycles. The summed E-state index contributed by atoms with van der Waals surface area (Å²) in [6, 6.07) is 31.1. The predicted octanol–water partition coefficient (Wildman–Crippen LogP) is 9.34. The molecule has 2 aliphatic carbocycles. The number of pyridine rings is 1. The summed E-state index contributed by atoms with van der Waals surface area (Å²) in [4.78, 5) is 67.9. The molecule has 4 fully saturated rings. The molecule has 4 amide bonds. The Labute approximate surface area is 394 Å². The van der Waals surface area contributed by atoms with Gasteiger partial charge in [0, 0.05) is 54.4 Å². The molecule has 344 valence electrons. The molecule has 4 heterocycles. The first-order valence-corrected chi connectivity index (χ1v) is 23.0. The minimum Gasteiger partial charge on any atom is -0.508 e. The van der Waals surface area contributed by atoms with E-state index < -0.39 is 63.6 Å². The number of benzene rings is 4. The van der Waals surface area contributed by atoms with Crippen LogP contribution in [0.15, 0.2) is 127 Å². The van der Waals surface area contributed by atoms with Crippen LogP contribution in [0.4, 0.5) is 19.0 Å². The van der Waals surface area contributed by atoms with Gasteiger partial charge in [0.15, 0.2) is 5.82 Å². The fraction of sp³-hybridized carbons (Fsp3) is 0.314. The maximum absolute atomic E-state index is 15.6. The third-order valence-electron chi connectivity index (χ3n) is 14.3. The van der Waals surface area contributed by atoms with Gasteiger partial charge in [0.1, 0.15) is 18.1 Å². The van der Waals surface area contributed by atoms with Crippen LogP contribution < -0.4 is 10.2 Å². The number of fused-ring (bicyclic) bond motifs is 4. The number of ether oxygens (including phenoxy) is 1. The number of amides is 4. The summed E-state index contributed by atoms with van der Waals surface area (Å²) < 4.78 is 47.0. The van der Waals surface area contributed by atoms with Gasteiger partial charge in [0.25, 0.3) is 11.8 Å². The lowest BCUT2D eigenvalue weighted by Crippen LogP contribution is -2.53. The Balaban J connectivity index is 1.05. The molecule has 16 heteroatoms. The number of phenolic OH excluding ortho intramolecular Hbond substituents is 1. The van der Waals surface area contributed by atoms with Crippen molar-refractivity contribution in [2.45, 2.75) is 62.4 Å². The minimum absolute atomic E-state index is 0.0511. The second-order valence-corrected chi connectivity index (χ2v) is 18.8. The van der Waals surface area contributed by atoms with Gasteiger partial charge in [-0.05, 0) is 72.6 Å². The molecule has 67 heavy (non-hydrogen) atoms. The highest BCUT2D eigenvalue weighted by Gasteiger charge is 2.71. The monoisotopic (exact) mass is 949 g/mol. The van der Waals surface area contributed by atoms with Gasteiger partial charge in [0.2, 0.25) is 11.8 Å². The number of aromatic hydroxyl groups is 1. The number of piperidine rings is 1. The number of aromatic nitrogens is 1. The van der Waals surface area contributed by atoms with Crippen molar-refractivity contribution in [1.82, 2.24) is 19.8 Å². The summed E-state index contributed by atoms with van der Waals surface area (Å²) in [7, 11) is 0. The molecule has 10 rings (SSSR count). The van der Waals surface area contributed by atoms with Crippen molar-refractivity contribution in [3.05, 3.63) is 165 Å². The Morgan fingerprint density at radius 1 is 0.821 bits per heavy atom. The van der Waals surface area contributed by atoms with E-state index in [0.717, 1.165) is 17.1 Å². The standard InChI is InChI=1S/C51H44Cl2F3N5O6/c52-33-13-11-31(12-14-33)50-40(47(64)61(49(50)66)58-45-41(53)23-32(26-57-45)51(54,55)56)25-39-36(44(50)37-16-15-35(24-42(37)62)67-28-30-9-5-2-6-10-30)17-18-38-43(39)48(65)60(46(38)63)34-19-21-59(22-20-34)27-29-7-3-1-4-8-29/h1-17,23-24,26,34,38-40,43-44,62H,18-22,25,27-28H2,(H,57,58). The van der Waals surface area contributed by atoms with Crippen LogP contribution in [0.1, 0.15) is 59.4 Å². The van der Waals surface area contributed by atoms with Crippen molar-refractivity contribution < 1.29 is 42.2 Å². The number of carbonyl (C=O) groups is 4. The molecule has 5 aliphatic rings. The maximum Gasteiger partial charge on any atom is 0.417 e. The van der Waals surface area contributed by atoms with Crippen molar-refractivity contribution in [2.24, 2.45) is 23.7 Å². The van der Waals surface area contributed by atoms with Crippen molar-refractivity contribution in [3.63, 3.8) is 0 Å². The number of nitrogens with one attached hydrogen (secondary N) is 1. The van der Waals surface area contributed by atoms with Gasteiger partial charge in [0.05, 0.1) is 33.8 Å². The molecule has 0 radical (unpaired) electrons. The normalized spacial score (nSPS) is 25.4. The van der Waals surface area contributed by atoms with Crippen LogP contribution in [0.2, 0.25) is 10.0 Å². The summed E-state index contributed by atoms with van der Waals surface area (Å²) in [5.74, 6) is -7.10. The molecular weight excluding hydrogens is 906 g/mol. The predicted molar refractivity (Wildman–Crippen MR) is 242 cm³/mol. The van der Waals surface area contributed by atoms with Gasteiger partial charge >= 0.3 is 6.18 Å². The highest BCUT2D eigenvalue weighted by molar-refractivity contribution is 6.33. The first kappa shape index (κ1) is 44.6. The smallest absolute Gasteiger partial charge is 0.417 e. The largest absolute Gasteiger partial charge is 0.508 e. The zero-order chi connectivity index (χ0) is 46.8. The molecule has 5 aromatic rings. The first-order valence-electron chi connectivity index (χ1n) is 22.2. The molecule has 11 nitrogen and oxygen atoms in total. The molecule has 6 atom stereocenters. The second kappa shape index (κ2) is 17.5. The number of likely N-dealkylation sites (tertiary alicyclic amines) is 2. The summed E-state index contributed by atoms with van der Waals surface area (Å²) in [5, 5.41) is 12.7.